The molecule has 0 aromatic carbocycles. The van der Waals surface area contributed by atoms with Gasteiger partial charge in [0.05, 0.1) is 24.8 Å². The number of carbonyl (C=O) groups excluding carboxylic acids is 1. The van der Waals surface area contributed by atoms with Crippen molar-refractivity contribution in [3.63, 3.8) is 0 Å². The normalized spacial score (nSPS) is 9.94. The monoisotopic (exact) mass is 261 g/mol. The van der Waals surface area contributed by atoms with E-state index in [1.807, 2.05) is 0 Å². The molecule has 0 saturated carbocycles. The summed E-state index contributed by atoms with van der Waals surface area (Å²) in [7, 11) is 3.09. The van der Waals surface area contributed by atoms with Crippen LogP contribution in [0.4, 0.5) is 5.95 Å². The number of ether oxygens (including phenoxy) is 1. The number of anilines is 1. The predicted molar refractivity (Wildman–Crippen MR) is 63.9 cm³/mol. The van der Waals surface area contributed by atoms with Gasteiger partial charge in [-0.05, 0) is 0 Å². The molecule has 0 aliphatic rings. The molecular weight excluding hydrogens is 250 g/mol. The van der Waals surface area contributed by atoms with Crippen LogP contribution in [0.1, 0.15) is 6.42 Å². The molecule has 7 heteroatoms. The Labute approximate surface area is 103 Å². The van der Waals surface area contributed by atoms with Crippen LogP contribution in [-0.2, 0) is 9.53 Å². The van der Waals surface area contributed by atoms with Crippen molar-refractivity contribution in [2.75, 3.05) is 25.2 Å². The molecule has 0 fully saturated rings. The van der Waals surface area contributed by atoms with E-state index < -0.39 is 0 Å². The molecule has 0 aliphatic carbocycles. The minimum absolute atomic E-state index is 0.244. The van der Waals surface area contributed by atoms with Crippen LogP contribution in [0.15, 0.2) is 11.2 Å². The smallest absolute Gasteiger partial charge is 0.306 e. The summed E-state index contributed by atoms with van der Waals surface area (Å²) in [5.41, 5.74) is 0. The van der Waals surface area contributed by atoms with Crippen LogP contribution in [0.3, 0.4) is 0 Å². The molecule has 0 bridgehead atoms. The lowest BCUT2D eigenvalue weighted by Gasteiger charge is -2.04. The van der Waals surface area contributed by atoms with Crippen LogP contribution in [0, 0.1) is 0 Å². The maximum absolute atomic E-state index is 10.9. The molecule has 1 aromatic heterocycles. The number of hydrogen-bond acceptors (Lipinski definition) is 6. The second kappa shape index (κ2) is 6.55. The average Bonchev–Trinajstić information content (AvgIpc) is 2.31. The van der Waals surface area contributed by atoms with Crippen molar-refractivity contribution in [1.82, 2.24) is 9.97 Å². The summed E-state index contributed by atoms with van der Waals surface area (Å²) in [5.74, 6) is 0.837. The first kappa shape index (κ1) is 13.1. The maximum atomic E-state index is 10.9. The highest BCUT2D eigenvalue weighted by molar-refractivity contribution is 7.99. The number of carbonyl (C=O) groups is 1. The first-order valence-electron chi connectivity index (χ1n) is 4.57. The predicted octanol–water partition coefficient (Wildman–Crippen LogP) is 1.83. The highest BCUT2D eigenvalue weighted by Gasteiger charge is 2.07. The van der Waals surface area contributed by atoms with Gasteiger partial charge in [0.15, 0.2) is 0 Å². The molecule has 1 rings (SSSR count). The van der Waals surface area contributed by atoms with E-state index in [2.05, 4.69) is 20.0 Å². The Balaban J connectivity index is 2.55. The van der Waals surface area contributed by atoms with Gasteiger partial charge < -0.3 is 10.1 Å². The number of hydrogen-bond donors (Lipinski definition) is 1. The molecule has 0 atom stereocenters. The SMILES string of the molecule is CNc1ncc(Cl)c(SCCC(=O)OC)n1. The van der Waals surface area contributed by atoms with Crippen molar-refractivity contribution >= 4 is 35.3 Å². The third-order valence-corrected chi connectivity index (χ3v) is 3.09. The highest BCUT2D eigenvalue weighted by Crippen LogP contribution is 2.25. The van der Waals surface area contributed by atoms with Crippen LogP contribution >= 0.6 is 23.4 Å². The molecule has 0 spiro atoms. The lowest BCUT2D eigenvalue weighted by Crippen LogP contribution is -2.02. The van der Waals surface area contributed by atoms with Crippen molar-refractivity contribution < 1.29 is 9.53 Å². The summed E-state index contributed by atoms with van der Waals surface area (Å²) in [6.07, 6.45) is 1.86. The molecule has 16 heavy (non-hydrogen) atoms. The Hall–Kier alpha value is -1.01. The molecule has 0 radical (unpaired) electrons. The number of thioether (sulfide) groups is 1. The van der Waals surface area contributed by atoms with E-state index in [0.717, 1.165) is 0 Å². The number of rotatable bonds is 5. The zero-order valence-electron chi connectivity index (χ0n) is 8.99. The Bertz CT molecular complexity index is 376. The Morgan fingerprint density at radius 3 is 3.06 bits per heavy atom. The lowest BCUT2D eigenvalue weighted by atomic mass is 10.5. The second-order valence-electron chi connectivity index (χ2n) is 2.77. The van der Waals surface area contributed by atoms with Crippen molar-refractivity contribution in [2.45, 2.75) is 11.4 Å². The van der Waals surface area contributed by atoms with Gasteiger partial charge >= 0.3 is 5.97 Å². The largest absolute Gasteiger partial charge is 0.469 e. The van der Waals surface area contributed by atoms with E-state index >= 15 is 0 Å². The standard InChI is InChI=1S/C9H12ClN3O2S/c1-11-9-12-5-6(10)8(13-9)16-4-3-7(14)15-2/h5H,3-4H2,1-2H3,(H,11,12,13). The summed E-state index contributed by atoms with van der Waals surface area (Å²) >= 11 is 7.31. The number of nitrogens with one attached hydrogen (secondary N) is 1. The Morgan fingerprint density at radius 1 is 1.69 bits per heavy atom. The van der Waals surface area contributed by atoms with Crippen LogP contribution < -0.4 is 5.32 Å². The fourth-order valence-corrected chi connectivity index (χ4v) is 1.96. The number of halogens is 1. The number of nitrogens with zero attached hydrogens (tertiary/aromatic N) is 2. The summed E-state index contributed by atoms with van der Waals surface area (Å²) in [6, 6.07) is 0. The third kappa shape index (κ3) is 3.86. The van der Waals surface area contributed by atoms with E-state index in [4.69, 9.17) is 11.6 Å². The molecule has 1 N–H and O–H groups in total. The fraction of sp³-hybridized carbons (Fsp3) is 0.444. The fourth-order valence-electron chi connectivity index (χ4n) is 0.906. The Kier molecular flexibility index (Phi) is 5.34. The molecular formula is C9H12ClN3O2S. The summed E-state index contributed by atoms with van der Waals surface area (Å²) in [6.45, 7) is 0. The minimum Gasteiger partial charge on any atom is -0.469 e. The summed E-state index contributed by atoms with van der Waals surface area (Å²) in [4.78, 5) is 19.0. The summed E-state index contributed by atoms with van der Waals surface area (Å²) < 4.78 is 4.53. The topological polar surface area (TPSA) is 64.1 Å². The first-order chi connectivity index (χ1) is 7.67. The van der Waals surface area contributed by atoms with Crippen molar-refractivity contribution in [2.24, 2.45) is 0 Å². The molecule has 1 heterocycles. The number of methoxy groups -OCH3 is 1. The number of aromatic nitrogens is 2. The number of esters is 1. The van der Waals surface area contributed by atoms with Gasteiger partial charge in [-0.3, -0.25) is 4.79 Å². The van der Waals surface area contributed by atoms with Crippen LogP contribution in [0.2, 0.25) is 5.02 Å². The second-order valence-corrected chi connectivity index (χ2v) is 4.26. The van der Waals surface area contributed by atoms with Gasteiger partial charge in [0.25, 0.3) is 0 Å². The molecule has 0 aliphatic heterocycles. The van der Waals surface area contributed by atoms with E-state index in [1.54, 1.807) is 7.05 Å². The van der Waals surface area contributed by atoms with E-state index in [1.165, 1.54) is 25.1 Å². The first-order valence-corrected chi connectivity index (χ1v) is 5.93. The molecule has 0 unspecified atom stereocenters. The minimum atomic E-state index is -0.244. The van der Waals surface area contributed by atoms with Crippen LogP contribution in [0.5, 0.6) is 0 Å². The zero-order chi connectivity index (χ0) is 12.0. The van der Waals surface area contributed by atoms with Crippen LogP contribution in [0.25, 0.3) is 0 Å². The summed E-state index contributed by atoms with van der Waals surface area (Å²) in [5, 5.41) is 3.96. The van der Waals surface area contributed by atoms with Crippen molar-refractivity contribution in [3.8, 4) is 0 Å². The molecule has 88 valence electrons. The van der Waals surface area contributed by atoms with E-state index in [0.29, 0.717) is 28.2 Å². The maximum Gasteiger partial charge on any atom is 0.306 e. The third-order valence-electron chi connectivity index (χ3n) is 1.71. The van der Waals surface area contributed by atoms with E-state index in [-0.39, 0.29) is 5.97 Å². The van der Waals surface area contributed by atoms with Crippen molar-refractivity contribution in [1.29, 1.82) is 0 Å². The van der Waals surface area contributed by atoms with Gasteiger partial charge in [-0.2, -0.15) is 0 Å². The van der Waals surface area contributed by atoms with Gasteiger partial charge in [-0.1, -0.05) is 11.6 Å². The molecule has 5 nitrogen and oxygen atoms in total. The van der Waals surface area contributed by atoms with Crippen LogP contribution in [-0.4, -0.2) is 35.8 Å². The molecule has 0 amide bonds. The van der Waals surface area contributed by atoms with Gasteiger partial charge in [-0.25, -0.2) is 9.97 Å². The van der Waals surface area contributed by atoms with Gasteiger partial charge in [0.2, 0.25) is 5.95 Å². The van der Waals surface area contributed by atoms with Gasteiger partial charge in [-0.15, -0.1) is 11.8 Å². The van der Waals surface area contributed by atoms with Gasteiger partial charge in [0, 0.05) is 12.8 Å². The Morgan fingerprint density at radius 2 is 2.44 bits per heavy atom. The quantitative estimate of drug-likeness (QED) is 0.496. The van der Waals surface area contributed by atoms with Gasteiger partial charge in [0.1, 0.15) is 5.03 Å². The zero-order valence-corrected chi connectivity index (χ0v) is 10.6. The van der Waals surface area contributed by atoms with E-state index in [9.17, 15) is 4.79 Å². The average molecular weight is 262 g/mol. The molecule has 0 saturated heterocycles. The lowest BCUT2D eigenvalue weighted by molar-refractivity contribution is -0.140. The molecule has 1 aromatic rings. The highest BCUT2D eigenvalue weighted by atomic mass is 35.5. The van der Waals surface area contributed by atoms with Crippen molar-refractivity contribution in [3.05, 3.63) is 11.2 Å².